The average molecular weight is 386 g/mol. The molecule has 1 aliphatic carbocycles. The molecule has 7 nitrogen and oxygen atoms in total. The Bertz CT molecular complexity index is 866. The van der Waals surface area contributed by atoms with Crippen LogP contribution < -0.4 is 5.32 Å². The molecule has 2 amide bonds. The largest absolute Gasteiger partial charge is 0.481 e. The van der Waals surface area contributed by atoms with Crippen molar-refractivity contribution in [2.45, 2.75) is 32.6 Å². The Morgan fingerprint density at radius 2 is 2.11 bits per heavy atom. The summed E-state index contributed by atoms with van der Waals surface area (Å²) in [5.74, 6) is -0.733. The molecule has 1 aromatic heterocycles. The number of amides is 2. The standard InChI is InChI=1S/C19H22N4O3S/c1-12-4-6-13(7-5-12)9-15-21-22-17(27-15)20-18(26)23-10-14-3-2-8-19(14,11-23)16(24)25/h4-7,14H,2-3,8-11H2,1H3,(H,24,25)(H,20,22,26)/t14-,19+/m0/s1. The lowest BCUT2D eigenvalue weighted by Gasteiger charge is -2.23. The van der Waals surface area contributed by atoms with E-state index in [1.807, 2.05) is 6.92 Å². The molecule has 2 heterocycles. The van der Waals surface area contributed by atoms with Crippen LogP contribution in [-0.2, 0) is 11.2 Å². The van der Waals surface area contributed by atoms with E-state index in [2.05, 4.69) is 39.8 Å². The minimum Gasteiger partial charge on any atom is -0.481 e. The molecule has 1 saturated carbocycles. The number of rotatable bonds is 4. The van der Waals surface area contributed by atoms with E-state index in [9.17, 15) is 14.7 Å². The van der Waals surface area contributed by atoms with Gasteiger partial charge in [0.25, 0.3) is 0 Å². The van der Waals surface area contributed by atoms with Gasteiger partial charge in [0.2, 0.25) is 5.13 Å². The molecule has 1 aromatic carbocycles. The van der Waals surface area contributed by atoms with Crippen molar-refractivity contribution < 1.29 is 14.7 Å². The number of likely N-dealkylation sites (tertiary alicyclic amines) is 1. The number of aliphatic carboxylic acids is 1. The minimum atomic E-state index is -0.781. The van der Waals surface area contributed by atoms with Gasteiger partial charge < -0.3 is 10.0 Å². The van der Waals surface area contributed by atoms with Gasteiger partial charge >= 0.3 is 12.0 Å². The normalized spacial score (nSPS) is 24.0. The number of anilines is 1. The summed E-state index contributed by atoms with van der Waals surface area (Å²) in [7, 11) is 0. The number of carbonyl (C=O) groups is 2. The van der Waals surface area contributed by atoms with Gasteiger partial charge in [0.15, 0.2) is 0 Å². The fourth-order valence-electron chi connectivity index (χ4n) is 4.22. The Labute approximate surface area is 161 Å². The molecule has 27 heavy (non-hydrogen) atoms. The maximum atomic E-state index is 12.6. The van der Waals surface area contributed by atoms with Gasteiger partial charge in [-0.05, 0) is 31.2 Å². The SMILES string of the molecule is Cc1ccc(Cc2nnc(NC(=O)N3C[C@@H]4CCC[C@@]4(C(=O)O)C3)s2)cc1. The van der Waals surface area contributed by atoms with Crippen LogP contribution in [0.3, 0.4) is 0 Å². The summed E-state index contributed by atoms with van der Waals surface area (Å²) in [6.07, 6.45) is 3.11. The second kappa shape index (κ2) is 6.92. The van der Waals surface area contributed by atoms with E-state index in [0.29, 0.717) is 24.5 Å². The zero-order chi connectivity index (χ0) is 19.0. The summed E-state index contributed by atoms with van der Waals surface area (Å²) in [5, 5.41) is 21.9. The van der Waals surface area contributed by atoms with Crippen LogP contribution in [0.2, 0.25) is 0 Å². The Balaban J connectivity index is 1.39. The number of carbonyl (C=O) groups excluding carboxylic acids is 1. The smallest absolute Gasteiger partial charge is 0.323 e. The van der Waals surface area contributed by atoms with Crippen LogP contribution in [0.15, 0.2) is 24.3 Å². The lowest BCUT2D eigenvalue weighted by atomic mass is 9.81. The van der Waals surface area contributed by atoms with Crippen molar-refractivity contribution in [2.75, 3.05) is 18.4 Å². The highest BCUT2D eigenvalue weighted by molar-refractivity contribution is 7.15. The van der Waals surface area contributed by atoms with E-state index in [4.69, 9.17) is 0 Å². The van der Waals surface area contributed by atoms with Crippen molar-refractivity contribution in [3.8, 4) is 0 Å². The number of hydrogen-bond donors (Lipinski definition) is 2. The van der Waals surface area contributed by atoms with Gasteiger partial charge in [0.05, 0.1) is 5.41 Å². The summed E-state index contributed by atoms with van der Waals surface area (Å²) >= 11 is 1.35. The number of aromatic nitrogens is 2. The minimum absolute atomic E-state index is 0.0484. The number of fused-ring (bicyclic) bond motifs is 1. The van der Waals surface area contributed by atoms with Crippen LogP contribution >= 0.6 is 11.3 Å². The molecule has 0 radical (unpaired) electrons. The van der Waals surface area contributed by atoms with E-state index in [1.165, 1.54) is 16.9 Å². The summed E-state index contributed by atoms with van der Waals surface area (Å²) in [6, 6.07) is 7.94. The molecule has 4 rings (SSSR count). The number of hydrogen-bond acceptors (Lipinski definition) is 5. The average Bonchev–Trinajstić information content (AvgIpc) is 3.31. The Morgan fingerprint density at radius 1 is 1.33 bits per heavy atom. The molecule has 2 aromatic rings. The fraction of sp³-hybridized carbons (Fsp3) is 0.474. The number of nitrogens with one attached hydrogen (secondary N) is 1. The molecule has 2 N–H and O–H groups in total. The van der Waals surface area contributed by atoms with Crippen LogP contribution in [0.25, 0.3) is 0 Å². The number of benzene rings is 1. The highest BCUT2D eigenvalue weighted by Crippen LogP contribution is 2.48. The lowest BCUT2D eigenvalue weighted by molar-refractivity contribution is -0.149. The third-order valence-corrected chi connectivity index (χ3v) is 6.58. The summed E-state index contributed by atoms with van der Waals surface area (Å²) in [6.45, 7) is 2.81. The van der Waals surface area contributed by atoms with E-state index in [-0.39, 0.29) is 18.5 Å². The van der Waals surface area contributed by atoms with Gasteiger partial charge in [-0.3, -0.25) is 10.1 Å². The van der Waals surface area contributed by atoms with Crippen LogP contribution in [-0.4, -0.2) is 45.3 Å². The van der Waals surface area contributed by atoms with E-state index in [1.54, 1.807) is 4.90 Å². The zero-order valence-electron chi connectivity index (χ0n) is 15.1. The fourth-order valence-corrected chi connectivity index (χ4v) is 4.98. The molecule has 1 aliphatic heterocycles. The zero-order valence-corrected chi connectivity index (χ0v) is 16.0. The molecule has 0 unspecified atom stereocenters. The van der Waals surface area contributed by atoms with Crippen LogP contribution in [0, 0.1) is 18.3 Å². The maximum Gasteiger partial charge on any atom is 0.323 e. The molecule has 2 atom stereocenters. The first kappa shape index (κ1) is 17.9. The van der Waals surface area contributed by atoms with E-state index < -0.39 is 11.4 Å². The highest BCUT2D eigenvalue weighted by Gasteiger charge is 2.55. The monoisotopic (exact) mass is 386 g/mol. The topological polar surface area (TPSA) is 95.4 Å². The first-order valence-electron chi connectivity index (χ1n) is 9.13. The molecule has 142 valence electrons. The molecule has 1 saturated heterocycles. The number of urea groups is 1. The van der Waals surface area contributed by atoms with Gasteiger partial charge in [-0.1, -0.05) is 47.6 Å². The second-order valence-corrected chi connectivity index (χ2v) is 8.59. The van der Waals surface area contributed by atoms with Crippen molar-refractivity contribution in [1.82, 2.24) is 15.1 Å². The summed E-state index contributed by atoms with van der Waals surface area (Å²) in [5.41, 5.74) is 1.58. The number of nitrogens with zero attached hydrogens (tertiary/aromatic N) is 3. The Kier molecular flexibility index (Phi) is 4.59. The Hall–Kier alpha value is -2.48. The second-order valence-electron chi connectivity index (χ2n) is 7.52. The number of aryl methyl sites for hydroxylation is 1. The van der Waals surface area contributed by atoms with Gasteiger partial charge in [-0.15, -0.1) is 10.2 Å². The predicted octanol–water partition coefficient (Wildman–Crippen LogP) is 3.16. The lowest BCUT2D eigenvalue weighted by Crippen LogP contribution is -2.38. The number of carboxylic acids is 1. The van der Waals surface area contributed by atoms with Crippen molar-refractivity contribution in [3.63, 3.8) is 0 Å². The molecule has 8 heteroatoms. The van der Waals surface area contributed by atoms with Crippen LogP contribution in [0.4, 0.5) is 9.93 Å². The van der Waals surface area contributed by atoms with Gasteiger partial charge in [-0.2, -0.15) is 0 Å². The third-order valence-electron chi connectivity index (χ3n) is 5.74. The van der Waals surface area contributed by atoms with E-state index in [0.717, 1.165) is 23.4 Å². The summed E-state index contributed by atoms with van der Waals surface area (Å²) < 4.78 is 0. The van der Waals surface area contributed by atoms with Crippen molar-refractivity contribution in [3.05, 3.63) is 40.4 Å². The van der Waals surface area contributed by atoms with Crippen molar-refractivity contribution in [2.24, 2.45) is 11.3 Å². The first-order chi connectivity index (χ1) is 13.0. The maximum absolute atomic E-state index is 12.6. The quantitative estimate of drug-likeness (QED) is 0.842. The molecule has 0 bridgehead atoms. The molecule has 2 fully saturated rings. The van der Waals surface area contributed by atoms with Crippen LogP contribution in [0.1, 0.15) is 35.4 Å². The molecular weight excluding hydrogens is 364 g/mol. The van der Waals surface area contributed by atoms with Gasteiger partial charge in [-0.25, -0.2) is 4.79 Å². The molecule has 0 spiro atoms. The molecule has 2 aliphatic rings. The predicted molar refractivity (Wildman–Crippen MR) is 102 cm³/mol. The number of carboxylic acid groups (broad SMARTS) is 1. The van der Waals surface area contributed by atoms with Crippen molar-refractivity contribution >= 4 is 28.5 Å². The molecular formula is C19H22N4O3S. The highest BCUT2D eigenvalue weighted by atomic mass is 32.1. The van der Waals surface area contributed by atoms with Gasteiger partial charge in [0.1, 0.15) is 5.01 Å². The van der Waals surface area contributed by atoms with E-state index >= 15 is 0 Å². The van der Waals surface area contributed by atoms with Gasteiger partial charge in [0, 0.05) is 19.5 Å². The third kappa shape index (κ3) is 3.41. The Morgan fingerprint density at radius 3 is 2.81 bits per heavy atom. The first-order valence-corrected chi connectivity index (χ1v) is 9.95. The van der Waals surface area contributed by atoms with Crippen molar-refractivity contribution in [1.29, 1.82) is 0 Å². The van der Waals surface area contributed by atoms with Crippen LogP contribution in [0.5, 0.6) is 0 Å². The summed E-state index contributed by atoms with van der Waals surface area (Å²) in [4.78, 5) is 25.9.